The van der Waals surface area contributed by atoms with Crippen molar-refractivity contribution in [3.63, 3.8) is 0 Å². The van der Waals surface area contributed by atoms with Crippen molar-refractivity contribution in [3.05, 3.63) is 48.0 Å². The van der Waals surface area contributed by atoms with Gasteiger partial charge in [-0.2, -0.15) is 0 Å². The minimum atomic E-state index is 0.418. The van der Waals surface area contributed by atoms with Crippen molar-refractivity contribution in [2.24, 2.45) is 0 Å². The van der Waals surface area contributed by atoms with Crippen molar-refractivity contribution in [1.82, 2.24) is 15.3 Å². The van der Waals surface area contributed by atoms with E-state index in [9.17, 15) is 0 Å². The van der Waals surface area contributed by atoms with Gasteiger partial charge in [0.1, 0.15) is 11.6 Å². The maximum atomic E-state index is 5.76. The lowest BCUT2D eigenvalue weighted by Crippen LogP contribution is -2.20. The number of ether oxygens (including phenoxy) is 1. The summed E-state index contributed by atoms with van der Waals surface area (Å²) in [4.78, 5) is 8.96. The second-order valence-electron chi connectivity index (χ2n) is 5.59. The molecule has 4 heteroatoms. The third-order valence-electron chi connectivity index (χ3n) is 3.82. The summed E-state index contributed by atoms with van der Waals surface area (Å²) in [5.41, 5.74) is 1.22. The Bertz CT molecular complexity index is 558. The fraction of sp³-hybridized carbons (Fsp3) is 0.412. The predicted octanol–water partition coefficient (Wildman–Crippen LogP) is 3.43. The van der Waals surface area contributed by atoms with Gasteiger partial charge in [0.15, 0.2) is 5.75 Å². The van der Waals surface area contributed by atoms with E-state index in [1.165, 1.54) is 18.4 Å². The highest BCUT2D eigenvalue weighted by Gasteiger charge is 2.16. The van der Waals surface area contributed by atoms with Crippen LogP contribution in [0.3, 0.4) is 0 Å². The number of rotatable bonds is 3. The molecule has 2 heterocycles. The number of hydrogen-bond donors (Lipinski definition) is 1. The highest BCUT2D eigenvalue weighted by molar-refractivity contribution is 5.30. The quantitative estimate of drug-likeness (QED) is 0.937. The second-order valence-corrected chi connectivity index (χ2v) is 5.59. The fourth-order valence-corrected chi connectivity index (χ4v) is 2.57. The summed E-state index contributed by atoms with van der Waals surface area (Å²) in [6.45, 7) is 4.13. The molecule has 2 aromatic rings. The van der Waals surface area contributed by atoms with Crippen LogP contribution in [0.1, 0.15) is 36.6 Å². The van der Waals surface area contributed by atoms with Gasteiger partial charge in [0.05, 0.1) is 12.4 Å². The van der Waals surface area contributed by atoms with Crippen LogP contribution >= 0.6 is 0 Å². The van der Waals surface area contributed by atoms with Crippen LogP contribution in [0.2, 0.25) is 0 Å². The van der Waals surface area contributed by atoms with Gasteiger partial charge in [0, 0.05) is 12.5 Å². The third-order valence-corrected chi connectivity index (χ3v) is 3.82. The Morgan fingerprint density at radius 2 is 1.81 bits per heavy atom. The summed E-state index contributed by atoms with van der Waals surface area (Å²) >= 11 is 0. The topological polar surface area (TPSA) is 47.0 Å². The van der Waals surface area contributed by atoms with Gasteiger partial charge < -0.3 is 10.1 Å². The predicted molar refractivity (Wildman–Crippen MR) is 82.7 cm³/mol. The molecule has 1 fully saturated rings. The molecule has 1 unspecified atom stereocenters. The first-order valence-corrected chi connectivity index (χ1v) is 7.58. The van der Waals surface area contributed by atoms with E-state index in [1.54, 1.807) is 12.4 Å². The minimum absolute atomic E-state index is 0.418. The van der Waals surface area contributed by atoms with E-state index < -0.39 is 0 Å². The molecule has 4 nitrogen and oxygen atoms in total. The van der Waals surface area contributed by atoms with Gasteiger partial charge >= 0.3 is 0 Å². The van der Waals surface area contributed by atoms with E-state index in [-0.39, 0.29) is 0 Å². The van der Waals surface area contributed by atoms with Crippen molar-refractivity contribution in [2.45, 2.75) is 32.1 Å². The van der Waals surface area contributed by atoms with E-state index >= 15 is 0 Å². The van der Waals surface area contributed by atoms with Crippen molar-refractivity contribution in [1.29, 1.82) is 0 Å². The van der Waals surface area contributed by atoms with E-state index in [4.69, 9.17) is 4.74 Å². The molecule has 1 saturated heterocycles. The lowest BCUT2D eigenvalue weighted by Gasteiger charge is -2.13. The number of benzene rings is 1. The molecule has 0 spiro atoms. The first kappa shape index (κ1) is 14.0. The summed E-state index contributed by atoms with van der Waals surface area (Å²) in [6.07, 6.45) is 7.18. The zero-order valence-electron chi connectivity index (χ0n) is 12.4. The summed E-state index contributed by atoms with van der Waals surface area (Å²) in [7, 11) is 0. The van der Waals surface area contributed by atoms with Crippen molar-refractivity contribution in [3.8, 4) is 11.5 Å². The Morgan fingerprint density at radius 1 is 1.05 bits per heavy atom. The van der Waals surface area contributed by atoms with Crippen molar-refractivity contribution < 1.29 is 4.74 Å². The molecular formula is C17H21N3O. The monoisotopic (exact) mass is 283 g/mol. The number of hydrogen-bond acceptors (Lipinski definition) is 4. The lowest BCUT2D eigenvalue weighted by atomic mass is 10.0. The Labute approximate surface area is 125 Å². The zero-order valence-corrected chi connectivity index (χ0v) is 12.4. The highest BCUT2D eigenvalue weighted by Crippen LogP contribution is 2.23. The Balaban J connectivity index is 1.67. The first-order valence-electron chi connectivity index (χ1n) is 7.58. The zero-order chi connectivity index (χ0) is 14.5. The minimum Gasteiger partial charge on any atom is -0.454 e. The molecule has 110 valence electrons. The molecule has 0 saturated carbocycles. The van der Waals surface area contributed by atoms with Gasteiger partial charge in [-0.05, 0) is 38.4 Å². The van der Waals surface area contributed by atoms with Crippen LogP contribution in [0.15, 0.2) is 36.7 Å². The normalized spacial score (nSPS) is 19.0. The molecule has 1 aromatic carbocycles. The van der Waals surface area contributed by atoms with Gasteiger partial charge in [-0.1, -0.05) is 24.1 Å². The van der Waals surface area contributed by atoms with E-state index in [0.29, 0.717) is 11.7 Å². The molecule has 1 N–H and O–H groups in total. The van der Waals surface area contributed by atoms with Crippen molar-refractivity contribution >= 4 is 0 Å². The number of aryl methyl sites for hydroxylation is 1. The van der Waals surface area contributed by atoms with Crippen LogP contribution < -0.4 is 10.1 Å². The van der Waals surface area contributed by atoms with E-state index in [0.717, 1.165) is 31.1 Å². The van der Waals surface area contributed by atoms with Gasteiger partial charge in [0.2, 0.25) is 0 Å². The van der Waals surface area contributed by atoms with Crippen LogP contribution in [0.4, 0.5) is 0 Å². The molecule has 0 radical (unpaired) electrons. The maximum Gasteiger partial charge on any atom is 0.164 e. The summed E-state index contributed by atoms with van der Waals surface area (Å²) in [6, 6.07) is 7.97. The molecular weight excluding hydrogens is 262 g/mol. The lowest BCUT2D eigenvalue weighted by molar-refractivity contribution is 0.473. The molecule has 0 aliphatic carbocycles. The molecule has 1 aromatic heterocycles. The van der Waals surface area contributed by atoms with Crippen LogP contribution in [-0.4, -0.2) is 23.1 Å². The van der Waals surface area contributed by atoms with Crippen LogP contribution in [0.5, 0.6) is 11.5 Å². The largest absolute Gasteiger partial charge is 0.454 e. The summed E-state index contributed by atoms with van der Waals surface area (Å²) in [5.74, 6) is 2.83. The van der Waals surface area contributed by atoms with Crippen LogP contribution in [-0.2, 0) is 0 Å². The number of nitrogens with zero attached hydrogens (tertiary/aromatic N) is 2. The van der Waals surface area contributed by atoms with Gasteiger partial charge in [0.25, 0.3) is 0 Å². The third kappa shape index (κ3) is 3.79. The maximum absolute atomic E-state index is 5.76. The molecule has 3 rings (SSSR count). The van der Waals surface area contributed by atoms with Crippen LogP contribution in [0.25, 0.3) is 0 Å². The average Bonchev–Trinajstić information content (AvgIpc) is 2.80. The second kappa shape index (κ2) is 6.68. The Kier molecular flexibility index (Phi) is 4.46. The Hall–Kier alpha value is -1.94. The standard InChI is InChI=1S/C17H21N3O/c1-13-5-7-15(8-6-13)21-16-11-19-17(20-12-16)14-4-2-3-9-18-10-14/h5-8,11-12,14,18H,2-4,9-10H2,1H3. The molecule has 0 bridgehead atoms. The molecule has 1 aliphatic heterocycles. The van der Waals surface area contributed by atoms with Gasteiger partial charge in [-0.25, -0.2) is 9.97 Å². The smallest absolute Gasteiger partial charge is 0.164 e. The fourth-order valence-electron chi connectivity index (χ4n) is 2.57. The van der Waals surface area contributed by atoms with Crippen molar-refractivity contribution in [2.75, 3.05) is 13.1 Å². The van der Waals surface area contributed by atoms with Gasteiger partial charge in [-0.3, -0.25) is 0 Å². The molecule has 21 heavy (non-hydrogen) atoms. The highest BCUT2D eigenvalue weighted by atomic mass is 16.5. The van der Waals surface area contributed by atoms with Crippen LogP contribution in [0, 0.1) is 6.92 Å². The Morgan fingerprint density at radius 3 is 2.57 bits per heavy atom. The summed E-state index contributed by atoms with van der Waals surface area (Å²) < 4.78 is 5.76. The molecule has 1 aliphatic rings. The first-order chi connectivity index (χ1) is 10.3. The summed E-state index contributed by atoms with van der Waals surface area (Å²) in [5, 5.41) is 3.44. The number of aromatic nitrogens is 2. The number of nitrogens with one attached hydrogen (secondary N) is 1. The van der Waals surface area contributed by atoms with E-state index in [2.05, 4.69) is 22.2 Å². The molecule has 1 atom stereocenters. The van der Waals surface area contributed by atoms with E-state index in [1.807, 2.05) is 24.3 Å². The molecule has 0 amide bonds. The average molecular weight is 283 g/mol. The SMILES string of the molecule is Cc1ccc(Oc2cnc(C3CCCCNC3)nc2)cc1. The van der Waals surface area contributed by atoms with Gasteiger partial charge in [-0.15, -0.1) is 0 Å².